The summed E-state index contributed by atoms with van der Waals surface area (Å²) < 4.78 is 28.0. The molecule has 8 heteroatoms. The van der Waals surface area contributed by atoms with E-state index in [1.807, 2.05) is 6.92 Å². The van der Waals surface area contributed by atoms with Crippen LogP contribution >= 0.6 is 27.3 Å². The zero-order valence-corrected chi connectivity index (χ0v) is 14.4. The van der Waals surface area contributed by atoms with Gasteiger partial charge in [0.1, 0.15) is 4.21 Å². The van der Waals surface area contributed by atoms with Crippen molar-refractivity contribution >= 4 is 48.9 Å². The molecule has 21 heavy (non-hydrogen) atoms. The minimum atomic E-state index is -3.68. The Hall–Kier alpha value is -1.38. The molecule has 0 spiro atoms. The van der Waals surface area contributed by atoms with Crippen LogP contribution in [-0.4, -0.2) is 19.5 Å². The average molecular weight is 390 g/mol. The van der Waals surface area contributed by atoms with E-state index >= 15 is 0 Å². The van der Waals surface area contributed by atoms with Crippen molar-refractivity contribution in [1.29, 1.82) is 0 Å². The third-order valence-corrected chi connectivity index (χ3v) is 6.79. The van der Waals surface area contributed by atoms with E-state index in [4.69, 9.17) is 5.11 Å². The first-order valence-electron chi connectivity index (χ1n) is 5.83. The lowest BCUT2D eigenvalue weighted by Crippen LogP contribution is -2.12. The van der Waals surface area contributed by atoms with Gasteiger partial charge in [-0.2, -0.15) is 0 Å². The van der Waals surface area contributed by atoms with Crippen LogP contribution < -0.4 is 4.72 Å². The molecular weight excluding hydrogens is 378 g/mol. The van der Waals surface area contributed by atoms with Gasteiger partial charge < -0.3 is 5.11 Å². The van der Waals surface area contributed by atoms with Gasteiger partial charge in [-0.25, -0.2) is 13.2 Å². The maximum Gasteiger partial charge on any atom is 0.335 e. The number of carbonyl (C=O) groups is 1. The van der Waals surface area contributed by atoms with Gasteiger partial charge in [0.2, 0.25) is 0 Å². The third kappa shape index (κ3) is 3.45. The summed E-state index contributed by atoms with van der Waals surface area (Å²) in [4.78, 5) is 10.9. The Bertz CT molecular complexity index is 792. The Morgan fingerprint density at radius 3 is 2.38 bits per heavy atom. The van der Waals surface area contributed by atoms with Crippen LogP contribution in [0.1, 0.15) is 21.5 Å². The second-order valence-electron chi connectivity index (χ2n) is 4.46. The number of aryl methyl sites for hydroxylation is 2. The fourth-order valence-corrected chi connectivity index (χ4v) is 5.03. The molecule has 0 saturated heterocycles. The summed E-state index contributed by atoms with van der Waals surface area (Å²) in [7, 11) is -3.68. The number of sulfonamides is 1. The topological polar surface area (TPSA) is 83.5 Å². The first-order chi connectivity index (χ1) is 9.70. The van der Waals surface area contributed by atoms with Gasteiger partial charge in [0.15, 0.2) is 0 Å². The van der Waals surface area contributed by atoms with Crippen molar-refractivity contribution in [2.75, 3.05) is 4.72 Å². The summed E-state index contributed by atoms with van der Waals surface area (Å²) in [6.45, 7) is 3.46. The second kappa shape index (κ2) is 5.78. The van der Waals surface area contributed by atoms with Gasteiger partial charge in [-0.3, -0.25) is 4.72 Å². The molecule has 2 aromatic rings. The van der Waals surface area contributed by atoms with Crippen LogP contribution in [0.4, 0.5) is 5.69 Å². The number of hydrogen-bond acceptors (Lipinski definition) is 4. The maximum absolute atomic E-state index is 12.3. The first kappa shape index (κ1) is 16.0. The van der Waals surface area contributed by atoms with Crippen LogP contribution in [0.15, 0.2) is 32.3 Å². The van der Waals surface area contributed by atoms with E-state index in [9.17, 15) is 13.2 Å². The highest BCUT2D eigenvalue weighted by Crippen LogP contribution is 2.32. The van der Waals surface area contributed by atoms with E-state index in [1.54, 1.807) is 13.0 Å². The molecule has 0 aliphatic carbocycles. The van der Waals surface area contributed by atoms with Gasteiger partial charge in [-0.15, -0.1) is 11.3 Å². The SMILES string of the molecule is Cc1cc(C(=O)O)ccc1NS(=O)(=O)c1cc(C)c(Br)s1. The van der Waals surface area contributed by atoms with Crippen molar-refractivity contribution < 1.29 is 18.3 Å². The van der Waals surface area contributed by atoms with Crippen molar-refractivity contribution in [2.24, 2.45) is 0 Å². The Morgan fingerprint density at radius 1 is 1.24 bits per heavy atom. The second-order valence-corrected chi connectivity index (χ2v) is 8.74. The largest absolute Gasteiger partial charge is 0.478 e. The molecule has 0 fully saturated rings. The zero-order valence-electron chi connectivity index (χ0n) is 11.2. The summed E-state index contributed by atoms with van der Waals surface area (Å²) in [6.07, 6.45) is 0. The molecule has 0 bridgehead atoms. The zero-order chi connectivity index (χ0) is 15.8. The first-order valence-corrected chi connectivity index (χ1v) is 8.92. The molecular formula is C13H12BrNO4S2. The van der Waals surface area contributed by atoms with Gasteiger partial charge in [0, 0.05) is 0 Å². The molecule has 1 aromatic carbocycles. The number of carboxylic acid groups (broad SMARTS) is 1. The Morgan fingerprint density at radius 2 is 1.90 bits per heavy atom. The molecule has 0 atom stereocenters. The number of rotatable bonds is 4. The lowest BCUT2D eigenvalue weighted by atomic mass is 10.1. The number of halogens is 1. The van der Waals surface area contributed by atoms with Crippen LogP contribution in [0.3, 0.4) is 0 Å². The molecule has 1 aromatic heterocycles. The van der Waals surface area contributed by atoms with Crippen LogP contribution in [-0.2, 0) is 10.0 Å². The molecule has 5 nitrogen and oxygen atoms in total. The molecule has 0 radical (unpaired) electrons. The molecule has 0 unspecified atom stereocenters. The minimum Gasteiger partial charge on any atom is -0.478 e. The smallest absolute Gasteiger partial charge is 0.335 e. The summed E-state index contributed by atoms with van der Waals surface area (Å²) >= 11 is 4.42. The van der Waals surface area contributed by atoms with Gasteiger partial charge >= 0.3 is 5.97 Å². The summed E-state index contributed by atoms with van der Waals surface area (Å²) in [5.41, 5.74) is 1.87. The fraction of sp³-hybridized carbons (Fsp3) is 0.154. The van der Waals surface area contributed by atoms with Gasteiger partial charge in [-0.1, -0.05) is 0 Å². The van der Waals surface area contributed by atoms with Crippen molar-refractivity contribution in [1.82, 2.24) is 0 Å². The number of nitrogens with one attached hydrogen (secondary N) is 1. The van der Waals surface area contributed by atoms with Crippen LogP contribution in [0, 0.1) is 13.8 Å². The van der Waals surface area contributed by atoms with E-state index < -0.39 is 16.0 Å². The van der Waals surface area contributed by atoms with Crippen LogP contribution in [0.5, 0.6) is 0 Å². The number of anilines is 1. The van der Waals surface area contributed by atoms with Gasteiger partial charge in [-0.05, 0) is 65.2 Å². The average Bonchev–Trinajstić information content (AvgIpc) is 2.72. The predicted molar refractivity (Wildman–Crippen MR) is 85.7 cm³/mol. The highest BCUT2D eigenvalue weighted by Gasteiger charge is 2.19. The Labute approximate surface area is 134 Å². The van der Waals surface area contributed by atoms with Crippen molar-refractivity contribution in [3.8, 4) is 0 Å². The minimum absolute atomic E-state index is 0.116. The van der Waals surface area contributed by atoms with E-state index in [2.05, 4.69) is 20.7 Å². The predicted octanol–water partition coefficient (Wildman–Crippen LogP) is 3.63. The lowest BCUT2D eigenvalue weighted by Gasteiger charge is -2.09. The molecule has 1 heterocycles. The van der Waals surface area contributed by atoms with E-state index in [0.717, 1.165) is 20.7 Å². The molecule has 2 N–H and O–H groups in total. The number of thiophene rings is 1. The maximum atomic E-state index is 12.3. The number of carboxylic acids is 1. The summed E-state index contributed by atoms with van der Waals surface area (Å²) in [5, 5.41) is 8.90. The van der Waals surface area contributed by atoms with Gasteiger partial charge in [0.25, 0.3) is 10.0 Å². The standard InChI is InChI=1S/C13H12BrNO4S2/c1-7-5-9(13(16)17)3-4-10(7)15-21(18,19)11-6-8(2)12(14)20-11/h3-6,15H,1-2H3,(H,16,17). The number of aromatic carboxylic acids is 1. The van der Waals surface area contributed by atoms with Crippen molar-refractivity contribution in [3.63, 3.8) is 0 Å². The Kier molecular flexibility index (Phi) is 4.40. The Balaban J connectivity index is 2.35. The quantitative estimate of drug-likeness (QED) is 0.835. The number of benzene rings is 1. The lowest BCUT2D eigenvalue weighted by molar-refractivity contribution is 0.0697. The molecule has 0 aliphatic rings. The van der Waals surface area contributed by atoms with Crippen molar-refractivity contribution in [2.45, 2.75) is 18.1 Å². The summed E-state index contributed by atoms with van der Waals surface area (Å²) in [5.74, 6) is -1.05. The van der Waals surface area contributed by atoms with E-state index in [1.165, 1.54) is 18.2 Å². The van der Waals surface area contributed by atoms with E-state index in [-0.39, 0.29) is 9.77 Å². The normalized spacial score (nSPS) is 11.4. The molecule has 0 aliphatic heterocycles. The monoisotopic (exact) mass is 389 g/mol. The van der Waals surface area contributed by atoms with Gasteiger partial charge in [0.05, 0.1) is 15.0 Å². The summed E-state index contributed by atoms with van der Waals surface area (Å²) in [6, 6.07) is 5.82. The highest BCUT2D eigenvalue weighted by atomic mass is 79.9. The molecule has 0 saturated carbocycles. The number of hydrogen-bond donors (Lipinski definition) is 2. The molecule has 0 amide bonds. The molecule has 112 valence electrons. The van der Waals surface area contributed by atoms with Crippen molar-refractivity contribution in [3.05, 3.63) is 44.7 Å². The highest BCUT2D eigenvalue weighted by molar-refractivity contribution is 9.11. The van der Waals surface area contributed by atoms with Crippen LogP contribution in [0.2, 0.25) is 0 Å². The van der Waals surface area contributed by atoms with E-state index in [0.29, 0.717) is 11.3 Å². The molecule has 2 rings (SSSR count). The van der Waals surface area contributed by atoms with Crippen LogP contribution in [0.25, 0.3) is 0 Å². The third-order valence-electron chi connectivity index (χ3n) is 2.82. The fourth-order valence-electron chi connectivity index (χ4n) is 1.67.